The number of ether oxygens (including phenoxy) is 1. The van der Waals surface area contributed by atoms with Crippen LogP contribution in [0.2, 0.25) is 0 Å². The van der Waals surface area contributed by atoms with E-state index in [0.717, 1.165) is 0 Å². The number of carbonyl (C=O) groups is 4. The van der Waals surface area contributed by atoms with Gasteiger partial charge in [0.2, 0.25) is 9.70 Å². The van der Waals surface area contributed by atoms with Gasteiger partial charge in [-0.25, -0.2) is 4.79 Å². The average Bonchev–Trinajstić information content (AvgIpc) is 2.56. The topological polar surface area (TPSA) is 92.8 Å². The number of rotatable bonds is 6. The lowest BCUT2D eigenvalue weighted by Gasteiger charge is -2.48. The first-order valence-electron chi connectivity index (χ1n) is 7.33. The van der Waals surface area contributed by atoms with Crippen LogP contribution in [-0.4, -0.2) is 60.9 Å². The Hall–Kier alpha value is -0.480. The normalized spacial score (nSPS) is 25.0. The summed E-state index contributed by atoms with van der Waals surface area (Å²) < 4.78 is 3.22. The van der Waals surface area contributed by atoms with Gasteiger partial charge in [0.25, 0.3) is 5.91 Å². The number of nitrogens with one attached hydrogen (secondary N) is 1. The molecule has 2 aliphatic heterocycles. The van der Waals surface area contributed by atoms with Gasteiger partial charge in [-0.2, -0.15) is 0 Å². The van der Waals surface area contributed by atoms with Gasteiger partial charge in [-0.15, -0.1) is 11.8 Å². The number of fused-ring (bicyclic) bond motifs is 1. The summed E-state index contributed by atoms with van der Waals surface area (Å²) in [5, 5.41) is 1.97. The van der Waals surface area contributed by atoms with Gasteiger partial charge in [-0.3, -0.25) is 14.4 Å². The molecule has 0 spiro atoms. The number of hydrogen-bond acceptors (Lipinski definition) is 6. The van der Waals surface area contributed by atoms with Gasteiger partial charge in [0.1, 0.15) is 18.0 Å². The molecule has 0 aromatic rings. The number of nitrogens with zero attached hydrogens (tertiary/aromatic N) is 1. The fourth-order valence-corrected chi connectivity index (χ4v) is 4.06. The molecule has 0 aliphatic carbocycles. The van der Waals surface area contributed by atoms with Gasteiger partial charge < -0.3 is 15.0 Å². The Kier molecular flexibility index (Phi) is 7.29. The van der Waals surface area contributed by atoms with Gasteiger partial charge in [-0.05, 0) is 6.92 Å². The lowest BCUT2D eigenvalue weighted by Crippen LogP contribution is -2.69. The minimum Gasteiger partial charge on any atom is -0.458 e. The number of hydrogen-bond donors (Lipinski definition) is 1. The quantitative estimate of drug-likeness (QED) is 0.255. The van der Waals surface area contributed by atoms with E-state index < -0.39 is 28.3 Å². The third-order valence-corrected chi connectivity index (χ3v) is 5.96. The molecule has 0 radical (unpaired) electrons. The average molecular weight is 509 g/mol. The highest BCUT2D eigenvalue weighted by Gasteiger charge is 2.51. The summed E-state index contributed by atoms with van der Waals surface area (Å²) in [7, 11) is 0. The molecule has 0 bridgehead atoms. The monoisotopic (exact) mass is 506 g/mol. The largest absolute Gasteiger partial charge is 0.458 e. The van der Waals surface area contributed by atoms with Crippen LogP contribution >= 0.6 is 62.5 Å². The lowest BCUT2D eigenvalue weighted by atomic mass is 10.1. The SMILES string of the molecule is CC1S[C@@H]2C(NC(=O)CC(=O)CBr)C(=O)N2C=C1C(=O)OCC(Cl)(Cl)Cl. The molecule has 2 rings (SSSR count). The van der Waals surface area contributed by atoms with E-state index in [-0.39, 0.29) is 39.6 Å². The van der Waals surface area contributed by atoms with Crippen LogP contribution in [0, 0.1) is 0 Å². The maximum Gasteiger partial charge on any atom is 0.336 e. The van der Waals surface area contributed by atoms with Gasteiger partial charge in [-0.1, -0.05) is 50.7 Å². The van der Waals surface area contributed by atoms with Crippen LogP contribution < -0.4 is 5.32 Å². The zero-order valence-corrected chi connectivity index (χ0v) is 18.0. The van der Waals surface area contributed by atoms with Crippen LogP contribution in [0.25, 0.3) is 0 Å². The van der Waals surface area contributed by atoms with Crippen molar-refractivity contribution in [3.8, 4) is 0 Å². The molecular weight excluding hydrogens is 494 g/mol. The number of Topliss-reactive ketones (excluding diaryl/α,β-unsaturated/α-hetero) is 1. The molecule has 0 aromatic carbocycles. The second-order valence-electron chi connectivity index (χ2n) is 5.58. The lowest BCUT2D eigenvalue weighted by molar-refractivity contribution is -0.146. The molecular formula is C14H14BrCl3N2O5S. The maximum absolute atomic E-state index is 12.2. The van der Waals surface area contributed by atoms with Crippen molar-refractivity contribution in [1.29, 1.82) is 0 Å². The maximum atomic E-state index is 12.2. The molecule has 1 N–H and O–H groups in total. The number of ketones is 1. The summed E-state index contributed by atoms with van der Waals surface area (Å²) in [4.78, 5) is 48.8. The predicted octanol–water partition coefficient (Wildman–Crippen LogP) is 1.93. The van der Waals surface area contributed by atoms with Crippen LogP contribution in [0.4, 0.5) is 0 Å². The van der Waals surface area contributed by atoms with Crippen LogP contribution in [-0.2, 0) is 23.9 Å². The summed E-state index contributed by atoms with van der Waals surface area (Å²) in [5.74, 6) is -1.86. The van der Waals surface area contributed by atoms with E-state index in [2.05, 4.69) is 21.2 Å². The Morgan fingerprint density at radius 2 is 2.04 bits per heavy atom. The van der Waals surface area contributed by atoms with Crippen molar-refractivity contribution in [2.24, 2.45) is 0 Å². The second kappa shape index (κ2) is 8.68. The summed E-state index contributed by atoms with van der Waals surface area (Å²) in [5.41, 5.74) is 0.257. The number of thioether (sulfide) groups is 1. The van der Waals surface area contributed by atoms with Crippen LogP contribution in [0.15, 0.2) is 11.8 Å². The first-order valence-corrected chi connectivity index (χ1v) is 10.5. The zero-order valence-electron chi connectivity index (χ0n) is 13.3. The third kappa shape index (κ3) is 5.28. The fraction of sp³-hybridized carbons (Fsp3) is 0.571. The number of alkyl halides is 4. The molecule has 144 valence electrons. The number of amides is 2. The second-order valence-corrected chi connectivity index (χ2v) is 10.1. The Balaban J connectivity index is 1.99. The summed E-state index contributed by atoms with van der Waals surface area (Å²) >= 11 is 20.9. The van der Waals surface area contributed by atoms with Crippen molar-refractivity contribution in [1.82, 2.24) is 10.2 Å². The van der Waals surface area contributed by atoms with Crippen molar-refractivity contribution in [3.63, 3.8) is 0 Å². The molecule has 1 saturated heterocycles. The molecule has 1 fully saturated rings. The molecule has 2 amide bonds. The van der Waals surface area contributed by atoms with E-state index in [9.17, 15) is 19.2 Å². The highest BCUT2D eigenvalue weighted by Crippen LogP contribution is 2.40. The fourth-order valence-electron chi connectivity index (χ4n) is 2.34. The first-order chi connectivity index (χ1) is 12.0. The van der Waals surface area contributed by atoms with Gasteiger partial charge in [0.15, 0.2) is 5.78 Å². The van der Waals surface area contributed by atoms with E-state index in [4.69, 9.17) is 39.5 Å². The molecule has 12 heteroatoms. The predicted molar refractivity (Wildman–Crippen MR) is 102 cm³/mol. The molecule has 26 heavy (non-hydrogen) atoms. The highest BCUT2D eigenvalue weighted by atomic mass is 79.9. The van der Waals surface area contributed by atoms with Crippen LogP contribution in [0.3, 0.4) is 0 Å². The molecule has 2 heterocycles. The number of esters is 1. The number of β-lactam (4-membered cyclic amide) rings is 1. The first kappa shape index (κ1) is 21.8. The summed E-state index contributed by atoms with van der Waals surface area (Å²) in [6, 6.07) is -0.743. The van der Waals surface area contributed by atoms with Crippen molar-refractivity contribution in [3.05, 3.63) is 11.8 Å². The van der Waals surface area contributed by atoms with Gasteiger partial charge in [0.05, 0.1) is 17.3 Å². The molecule has 2 unspecified atom stereocenters. The summed E-state index contributed by atoms with van der Waals surface area (Å²) in [6.45, 7) is 1.35. The van der Waals surface area contributed by atoms with Crippen molar-refractivity contribution in [2.45, 2.75) is 33.8 Å². The number of carbonyl (C=O) groups excluding carboxylic acids is 4. The van der Waals surface area contributed by atoms with Gasteiger partial charge in [0, 0.05) is 11.4 Å². The van der Waals surface area contributed by atoms with E-state index >= 15 is 0 Å². The molecule has 7 nitrogen and oxygen atoms in total. The Bertz CT molecular complexity index is 669. The van der Waals surface area contributed by atoms with Crippen molar-refractivity contribution in [2.75, 3.05) is 11.9 Å². The molecule has 0 aromatic heterocycles. The molecule has 3 atom stereocenters. The van der Waals surface area contributed by atoms with E-state index in [1.165, 1.54) is 22.9 Å². The zero-order chi connectivity index (χ0) is 19.6. The Morgan fingerprint density at radius 3 is 2.62 bits per heavy atom. The number of halogens is 4. The Labute approximate surface area is 177 Å². The molecule has 0 saturated carbocycles. The van der Waals surface area contributed by atoms with E-state index in [1.807, 2.05) is 0 Å². The van der Waals surface area contributed by atoms with Crippen molar-refractivity contribution < 1.29 is 23.9 Å². The van der Waals surface area contributed by atoms with Crippen LogP contribution in [0.1, 0.15) is 13.3 Å². The van der Waals surface area contributed by atoms with Crippen LogP contribution in [0.5, 0.6) is 0 Å². The van der Waals surface area contributed by atoms with E-state index in [1.54, 1.807) is 6.92 Å². The van der Waals surface area contributed by atoms with Gasteiger partial charge >= 0.3 is 5.97 Å². The summed E-state index contributed by atoms with van der Waals surface area (Å²) in [6.07, 6.45) is 1.09. The minimum absolute atomic E-state index is 0.0722. The van der Waals surface area contributed by atoms with E-state index in [0.29, 0.717) is 0 Å². The minimum atomic E-state index is -1.72. The smallest absolute Gasteiger partial charge is 0.336 e. The highest BCUT2D eigenvalue weighted by molar-refractivity contribution is 9.09. The molecule has 2 aliphatic rings. The Morgan fingerprint density at radius 1 is 1.38 bits per heavy atom. The third-order valence-electron chi connectivity index (χ3n) is 3.57. The standard InChI is InChI=1S/C14H14BrCl3N2O5S/c1-6-8(13(24)25-5-14(16,17)18)4-20-11(23)10(12(20)26-6)19-9(22)2-7(21)3-15/h4,6,10,12H,2-3,5H2,1H3,(H,19,22)/t6?,10?,12-/m1/s1. The van der Waals surface area contributed by atoms with Crippen molar-refractivity contribution >= 4 is 86.1 Å².